The molecule has 0 bridgehead atoms. The smallest absolute Gasteiger partial charge is 0.328 e. The van der Waals surface area contributed by atoms with E-state index in [1.807, 2.05) is 30.3 Å². The Bertz CT molecular complexity index is 981. The van der Waals surface area contributed by atoms with Gasteiger partial charge in [-0.3, -0.25) is 0 Å². The van der Waals surface area contributed by atoms with E-state index in [1.54, 1.807) is 6.20 Å². The van der Waals surface area contributed by atoms with Gasteiger partial charge < -0.3 is 32.6 Å². The Kier molecular flexibility index (Phi) is 13.7. The number of aromatic nitrogens is 1. The Morgan fingerprint density at radius 1 is 1.05 bits per heavy atom. The Balaban J connectivity index is 2.17. The van der Waals surface area contributed by atoms with Crippen molar-refractivity contribution in [2.75, 3.05) is 6.54 Å². The summed E-state index contributed by atoms with van der Waals surface area (Å²) in [6, 6.07) is 13.8. The maximum Gasteiger partial charge on any atom is 0.328 e. The molecule has 0 aliphatic heterocycles. The number of benzene rings is 1. The van der Waals surface area contributed by atoms with Gasteiger partial charge in [0.2, 0.25) is 0 Å². The highest BCUT2D eigenvalue weighted by Crippen LogP contribution is 2.30. The van der Waals surface area contributed by atoms with E-state index in [-0.39, 0.29) is 24.6 Å². The number of hydrogen-bond donors (Lipinski definition) is 5. The number of nitrogens with two attached hydrogens (primary N) is 3. The average molecular weight is 508 g/mol. The third-order valence-electron chi connectivity index (χ3n) is 6.31. The molecule has 37 heavy (non-hydrogen) atoms. The van der Waals surface area contributed by atoms with Gasteiger partial charge in [-0.15, -0.1) is 0 Å². The highest BCUT2D eigenvalue weighted by Gasteiger charge is 2.16. The number of nitrogens with zero attached hydrogens (tertiary/aromatic N) is 2. The van der Waals surface area contributed by atoms with E-state index in [4.69, 9.17) is 22.5 Å². The lowest BCUT2D eigenvalue weighted by Crippen LogP contribution is -2.24. The summed E-state index contributed by atoms with van der Waals surface area (Å²) in [4.78, 5) is 18.7. The molecular formula is C29H43N6O2-. The first-order valence-corrected chi connectivity index (χ1v) is 13.2. The standard InChI is InChI=1S/C29H43N6O2/c1-2-3-12-25(30)13-7-11-23(16-15-22-9-5-4-6-10-22)17-18-26(35-27-14-8-19-33-27)24(20-28(36)37)21-34-29(31)32/h4-6,8-10,14-16,19-20,23,25-26,33H,2-3,7,11-13,17-18,21,30H2,1H3,(H,36,37)(H4,31,32,34)/q-1/b16-15+,24-20+/t23-,25+,26-/m1/s1. The van der Waals surface area contributed by atoms with Crippen LogP contribution < -0.4 is 17.2 Å². The van der Waals surface area contributed by atoms with Gasteiger partial charge in [0.05, 0.1) is 6.54 Å². The van der Waals surface area contributed by atoms with Crippen molar-refractivity contribution in [2.45, 2.75) is 70.4 Å². The molecule has 0 aliphatic carbocycles. The van der Waals surface area contributed by atoms with E-state index >= 15 is 0 Å². The molecule has 0 radical (unpaired) electrons. The fourth-order valence-corrected chi connectivity index (χ4v) is 4.26. The second-order valence-electron chi connectivity index (χ2n) is 9.44. The second kappa shape index (κ2) is 17.0. The van der Waals surface area contributed by atoms with Crippen molar-refractivity contribution in [1.29, 1.82) is 0 Å². The van der Waals surface area contributed by atoms with Crippen molar-refractivity contribution in [3.05, 3.63) is 77.3 Å². The summed E-state index contributed by atoms with van der Waals surface area (Å²) in [6.45, 7) is 2.27. The molecule has 2 aromatic rings. The minimum absolute atomic E-state index is 0.0836. The maximum atomic E-state index is 11.6. The molecule has 3 atom stereocenters. The molecule has 0 fully saturated rings. The van der Waals surface area contributed by atoms with Crippen molar-refractivity contribution in [1.82, 2.24) is 4.98 Å². The summed E-state index contributed by atoms with van der Waals surface area (Å²) in [5, 5.41) is 14.3. The van der Waals surface area contributed by atoms with Gasteiger partial charge in [0, 0.05) is 12.1 Å². The molecule has 1 aromatic carbocycles. The Morgan fingerprint density at radius 3 is 2.46 bits per heavy atom. The van der Waals surface area contributed by atoms with Gasteiger partial charge in [-0.2, -0.15) is 0 Å². The van der Waals surface area contributed by atoms with Gasteiger partial charge in [0.15, 0.2) is 5.96 Å². The van der Waals surface area contributed by atoms with E-state index in [9.17, 15) is 9.90 Å². The number of allylic oxidation sites excluding steroid dienone is 1. The van der Waals surface area contributed by atoms with Crippen LogP contribution in [0.1, 0.15) is 63.9 Å². The molecular weight excluding hydrogens is 464 g/mol. The van der Waals surface area contributed by atoms with Crippen LogP contribution in [0.5, 0.6) is 0 Å². The number of unbranched alkanes of at least 4 members (excludes halogenated alkanes) is 1. The summed E-state index contributed by atoms with van der Waals surface area (Å²) in [6.07, 6.45) is 15.3. The lowest BCUT2D eigenvalue weighted by atomic mass is 9.90. The summed E-state index contributed by atoms with van der Waals surface area (Å²) in [5.41, 5.74) is 19.1. The van der Waals surface area contributed by atoms with Crippen LogP contribution in [0.2, 0.25) is 0 Å². The number of H-pyrrole nitrogens is 1. The molecule has 8 N–H and O–H groups in total. The SMILES string of the molecule is CCCC[C@H](N)CCC[C@H](/C=C/c1ccccc1)CC[C@@H]([N-]c1ccc[nH]1)/C(=C/C(=O)O)CN=C(N)N. The highest BCUT2D eigenvalue weighted by molar-refractivity contribution is 5.81. The quantitative estimate of drug-likeness (QED) is 0.103. The number of carbonyl (C=O) groups is 1. The molecule has 0 aliphatic rings. The number of aromatic amines is 1. The van der Waals surface area contributed by atoms with E-state index in [0.29, 0.717) is 23.7 Å². The van der Waals surface area contributed by atoms with Crippen LogP contribution in [-0.2, 0) is 4.79 Å². The summed E-state index contributed by atoms with van der Waals surface area (Å²) >= 11 is 0. The first-order valence-electron chi connectivity index (χ1n) is 13.2. The van der Waals surface area contributed by atoms with Crippen molar-refractivity contribution < 1.29 is 9.90 Å². The predicted molar refractivity (Wildman–Crippen MR) is 154 cm³/mol. The van der Waals surface area contributed by atoms with E-state index in [2.05, 4.69) is 41.2 Å². The number of aliphatic carboxylic acids is 1. The van der Waals surface area contributed by atoms with E-state index in [0.717, 1.165) is 50.5 Å². The minimum Gasteiger partial charge on any atom is -0.478 e. The first kappa shape index (κ1) is 29.7. The van der Waals surface area contributed by atoms with Gasteiger partial charge >= 0.3 is 5.97 Å². The molecule has 1 heterocycles. The second-order valence-corrected chi connectivity index (χ2v) is 9.44. The molecule has 0 amide bonds. The third kappa shape index (κ3) is 12.8. The largest absolute Gasteiger partial charge is 0.478 e. The zero-order chi connectivity index (χ0) is 26.9. The number of hydrogen-bond acceptors (Lipinski definition) is 3. The van der Waals surface area contributed by atoms with Crippen LogP contribution >= 0.6 is 0 Å². The molecule has 0 saturated heterocycles. The topological polar surface area (TPSA) is 158 Å². The molecule has 0 saturated carbocycles. The van der Waals surface area contributed by atoms with Gasteiger partial charge in [-0.05, 0) is 55.2 Å². The molecule has 1 aromatic heterocycles. The number of rotatable bonds is 18. The number of aliphatic imine (C=N–C) groups is 1. The highest BCUT2D eigenvalue weighted by atomic mass is 16.4. The zero-order valence-corrected chi connectivity index (χ0v) is 21.9. The van der Waals surface area contributed by atoms with Crippen LogP contribution in [-0.4, -0.2) is 40.6 Å². The lowest BCUT2D eigenvalue weighted by molar-refractivity contribution is -0.131. The summed E-state index contributed by atoms with van der Waals surface area (Å²) in [7, 11) is 0. The molecule has 202 valence electrons. The molecule has 8 nitrogen and oxygen atoms in total. The monoisotopic (exact) mass is 507 g/mol. The van der Waals surface area contributed by atoms with Gasteiger partial charge in [0.25, 0.3) is 0 Å². The summed E-state index contributed by atoms with van der Waals surface area (Å²) < 4.78 is 0. The van der Waals surface area contributed by atoms with Crippen LogP contribution in [0, 0.1) is 5.92 Å². The van der Waals surface area contributed by atoms with Crippen LogP contribution in [0.25, 0.3) is 11.4 Å². The van der Waals surface area contributed by atoms with Crippen molar-refractivity contribution in [3.63, 3.8) is 0 Å². The molecule has 0 unspecified atom stereocenters. The summed E-state index contributed by atoms with van der Waals surface area (Å²) in [5.74, 6) is -0.148. The van der Waals surface area contributed by atoms with Gasteiger partial charge in [-0.1, -0.05) is 92.8 Å². The zero-order valence-electron chi connectivity index (χ0n) is 21.9. The Labute approximate surface area is 221 Å². The van der Waals surface area contributed by atoms with Crippen molar-refractivity contribution in [2.24, 2.45) is 28.1 Å². The molecule has 8 heteroatoms. The van der Waals surface area contributed by atoms with Gasteiger partial charge in [-0.25, -0.2) is 9.79 Å². The minimum atomic E-state index is -1.05. The maximum absolute atomic E-state index is 11.6. The van der Waals surface area contributed by atoms with E-state index in [1.165, 1.54) is 6.08 Å². The van der Waals surface area contributed by atoms with Crippen LogP contribution in [0.3, 0.4) is 0 Å². The number of carboxylic acids is 1. The average Bonchev–Trinajstić information content (AvgIpc) is 3.39. The van der Waals surface area contributed by atoms with Crippen molar-refractivity contribution in [3.8, 4) is 0 Å². The molecule has 2 rings (SSSR count). The fraction of sp³-hybridized carbons (Fsp3) is 0.448. The predicted octanol–water partition coefficient (Wildman–Crippen LogP) is 5.47. The number of guanidine groups is 1. The van der Waals surface area contributed by atoms with Crippen LogP contribution in [0.15, 0.2) is 71.4 Å². The van der Waals surface area contributed by atoms with Crippen LogP contribution in [0.4, 0.5) is 5.82 Å². The first-order chi connectivity index (χ1) is 17.9. The fourth-order valence-electron chi connectivity index (χ4n) is 4.26. The van der Waals surface area contributed by atoms with E-state index < -0.39 is 5.97 Å². The van der Waals surface area contributed by atoms with Crippen molar-refractivity contribution >= 4 is 23.8 Å². The Hall–Kier alpha value is -3.52. The Morgan fingerprint density at radius 2 is 1.81 bits per heavy atom. The van der Waals surface area contributed by atoms with Gasteiger partial charge in [0.1, 0.15) is 0 Å². The molecule has 0 spiro atoms. The number of carboxylic acid groups (broad SMARTS) is 1. The normalized spacial score (nSPS) is 14.3. The lowest BCUT2D eigenvalue weighted by Gasteiger charge is -2.28. The number of nitrogens with one attached hydrogen (secondary N) is 1. The third-order valence-corrected chi connectivity index (χ3v) is 6.31.